The predicted molar refractivity (Wildman–Crippen MR) is 87.5 cm³/mol. The first-order valence-corrected chi connectivity index (χ1v) is 7.32. The molecule has 0 aliphatic heterocycles. The van der Waals surface area contributed by atoms with E-state index in [0.717, 1.165) is 24.3 Å². The number of nitrogens with one attached hydrogen (secondary N) is 1. The van der Waals surface area contributed by atoms with E-state index in [9.17, 15) is 0 Å². The van der Waals surface area contributed by atoms with Gasteiger partial charge < -0.3 is 9.88 Å². The smallest absolute Gasteiger partial charge is 0.114 e. The van der Waals surface area contributed by atoms with Gasteiger partial charge in [0.05, 0.1) is 11.0 Å². The maximum Gasteiger partial charge on any atom is 0.114 e. The number of rotatable bonds is 4. The molecular formula is C18H21N3. The fourth-order valence-electron chi connectivity index (χ4n) is 2.79. The topological polar surface area (TPSA) is 29.9 Å². The molecule has 0 amide bonds. The van der Waals surface area contributed by atoms with Crippen LogP contribution in [0.5, 0.6) is 0 Å². The maximum absolute atomic E-state index is 4.76. The van der Waals surface area contributed by atoms with E-state index in [1.54, 1.807) is 0 Å². The van der Waals surface area contributed by atoms with E-state index in [0.29, 0.717) is 0 Å². The normalized spacial score (nSPS) is 11.2. The lowest BCUT2D eigenvalue weighted by Gasteiger charge is -2.09. The zero-order valence-corrected chi connectivity index (χ0v) is 12.9. The third-order valence-corrected chi connectivity index (χ3v) is 4.02. The molecule has 0 aliphatic carbocycles. The molecule has 0 bridgehead atoms. The lowest BCUT2D eigenvalue weighted by molar-refractivity contribution is 0.813. The first kappa shape index (κ1) is 13.8. The monoisotopic (exact) mass is 279 g/mol. The summed E-state index contributed by atoms with van der Waals surface area (Å²) in [7, 11) is 4.07. The number of para-hydroxylation sites is 2. The molecule has 1 N–H and O–H groups in total. The second-order valence-corrected chi connectivity index (χ2v) is 5.54. The maximum atomic E-state index is 4.76. The zero-order chi connectivity index (χ0) is 14.8. The van der Waals surface area contributed by atoms with Crippen molar-refractivity contribution in [2.75, 3.05) is 7.05 Å². The van der Waals surface area contributed by atoms with Gasteiger partial charge in [-0.1, -0.05) is 30.3 Å². The lowest BCUT2D eigenvalue weighted by atomic mass is 10.0. The molecule has 108 valence electrons. The molecule has 0 radical (unpaired) electrons. The van der Waals surface area contributed by atoms with Crippen LogP contribution in [0.4, 0.5) is 0 Å². The summed E-state index contributed by atoms with van der Waals surface area (Å²) in [6.45, 7) is 3.09. The van der Waals surface area contributed by atoms with Gasteiger partial charge in [-0.25, -0.2) is 4.98 Å². The molecule has 0 saturated heterocycles. The van der Waals surface area contributed by atoms with E-state index in [1.165, 1.54) is 22.2 Å². The van der Waals surface area contributed by atoms with Crippen LogP contribution in [0.3, 0.4) is 0 Å². The molecule has 2 aromatic carbocycles. The van der Waals surface area contributed by atoms with Crippen molar-refractivity contribution in [3.05, 3.63) is 65.0 Å². The molecule has 3 heteroatoms. The fourth-order valence-corrected chi connectivity index (χ4v) is 2.79. The Kier molecular flexibility index (Phi) is 3.76. The van der Waals surface area contributed by atoms with Gasteiger partial charge in [-0.15, -0.1) is 0 Å². The molecule has 0 atom stereocenters. The van der Waals surface area contributed by atoms with E-state index < -0.39 is 0 Å². The summed E-state index contributed by atoms with van der Waals surface area (Å²) in [5.41, 5.74) is 6.25. The van der Waals surface area contributed by atoms with Gasteiger partial charge in [-0.2, -0.15) is 0 Å². The number of aryl methyl sites for hydroxylation is 2. The largest absolute Gasteiger partial charge is 0.331 e. The van der Waals surface area contributed by atoms with Crippen LogP contribution in [0.25, 0.3) is 11.0 Å². The number of nitrogens with zero attached hydrogens (tertiary/aromatic N) is 2. The molecule has 1 heterocycles. The van der Waals surface area contributed by atoms with Crippen LogP contribution in [0, 0.1) is 6.92 Å². The Bertz CT molecular complexity index is 771. The van der Waals surface area contributed by atoms with E-state index in [-0.39, 0.29) is 0 Å². The Morgan fingerprint density at radius 3 is 2.67 bits per heavy atom. The van der Waals surface area contributed by atoms with Crippen molar-refractivity contribution < 1.29 is 0 Å². The fraction of sp³-hybridized carbons (Fsp3) is 0.278. The van der Waals surface area contributed by atoms with Gasteiger partial charge in [0.15, 0.2) is 0 Å². The van der Waals surface area contributed by atoms with Gasteiger partial charge in [-0.3, -0.25) is 0 Å². The summed E-state index contributed by atoms with van der Waals surface area (Å²) in [6, 6.07) is 15.0. The Labute approximate surface area is 125 Å². The summed E-state index contributed by atoms with van der Waals surface area (Å²) in [4.78, 5) is 4.76. The molecule has 0 unspecified atom stereocenters. The number of hydrogen-bond donors (Lipinski definition) is 1. The highest BCUT2D eigenvalue weighted by molar-refractivity contribution is 5.75. The lowest BCUT2D eigenvalue weighted by Crippen LogP contribution is -2.06. The van der Waals surface area contributed by atoms with Crippen LogP contribution in [0.1, 0.15) is 22.5 Å². The molecular weight excluding hydrogens is 258 g/mol. The van der Waals surface area contributed by atoms with Gasteiger partial charge in [-0.05, 0) is 42.8 Å². The van der Waals surface area contributed by atoms with E-state index in [2.05, 4.69) is 60.3 Å². The van der Waals surface area contributed by atoms with Gasteiger partial charge >= 0.3 is 0 Å². The highest BCUT2D eigenvalue weighted by Gasteiger charge is 2.09. The van der Waals surface area contributed by atoms with Crippen molar-refractivity contribution in [1.82, 2.24) is 14.9 Å². The molecule has 0 saturated carbocycles. The Morgan fingerprint density at radius 1 is 1.14 bits per heavy atom. The minimum atomic E-state index is 0.872. The predicted octanol–water partition coefficient (Wildman–Crippen LogP) is 3.19. The van der Waals surface area contributed by atoms with E-state index in [4.69, 9.17) is 4.98 Å². The van der Waals surface area contributed by atoms with Crippen LogP contribution in [-0.4, -0.2) is 16.6 Å². The van der Waals surface area contributed by atoms with E-state index >= 15 is 0 Å². The van der Waals surface area contributed by atoms with Gasteiger partial charge in [0.2, 0.25) is 0 Å². The highest BCUT2D eigenvalue weighted by Crippen LogP contribution is 2.19. The molecule has 1 aromatic heterocycles. The van der Waals surface area contributed by atoms with Crippen LogP contribution >= 0.6 is 0 Å². The number of benzene rings is 2. The molecule has 3 aromatic rings. The molecule has 21 heavy (non-hydrogen) atoms. The minimum absolute atomic E-state index is 0.872. The van der Waals surface area contributed by atoms with Crippen LogP contribution < -0.4 is 5.32 Å². The first-order valence-electron chi connectivity index (χ1n) is 7.32. The molecule has 3 nitrogen and oxygen atoms in total. The summed E-state index contributed by atoms with van der Waals surface area (Å²) < 4.78 is 2.19. The Morgan fingerprint density at radius 2 is 1.95 bits per heavy atom. The van der Waals surface area contributed by atoms with Gasteiger partial charge in [0.25, 0.3) is 0 Å². The molecule has 0 spiro atoms. The zero-order valence-electron chi connectivity index (χ0n) is 12.9. The molecule has 3 rings (SSSR count). The van der Waals surface area contributed by atoms with E-state index in [1.807, 2.05) is 13.1 Å². The van der Waals surface area contributed by atoms with Crippen LogP contribution in [0.15, 0.2) is 42.5 Å². The number of aromatic nitrogens is 2. The second-order valence-electron chi connectivity index (χ2n) is 5.54. The quantitative estimate of drug-likeness (QED) is 0.795. The van der Waals surface area contributed by atoms with Gasteiger partial charge in [0, 0.05) is 20.0 Å². The van der Waals surface area contributed by atoms with Crippen LogP contribution in [-0.2, 0) is 20.0 Å². The first-order chi connectivity index (χ1) is 10.2. The summed E-state index contributed by atoms with van der Waals surface area (Å²) in [5.74, 6) is 1.11. The third kappa shape index (κ3) is 2.69. The van der Waals surface area contributed by atoms with Crippen molar-refractivity contribution in [3.63, 3.8) is 0 Å². The Hall–Kier alpha value is -2.13. The number of imidazole rings is 1. The van der Waals surface area contributed by atoms with Crippen molar-refractivity contribution in [1.29, 1.82) is 0 Å². The summed E-state index contributed by atoms with van der Waals surface area (Å²) in [6.07, 6.45) is 0.872. The number of hydrogen-bond acceptors (Lipinski definition) is 2. The van der Waals surface area contributed by atoms with Crippen molar-refractivity contribution >= 4 is 11.0 Å². The summed E-state index contributed by atoms with van der Waals surface area (Å²) in [5, 5.41) is 3.19. The average molecular weight is 279 g/mol. The van der Waals surface area contributed by atoms with Crippen LogP contribution in [0.2, 0.25) is 0 Å². The number of fused-ring (bicyclic) bond motifs is 1. The summed E-state index contributed by atoms with van der Waals surface area (Å²) >= 11 is 0. The third-order valence-electron chi connectivity index (χ3n) is 4.02. The van der Waals surface area contributed by atoms with Crippen molar-refractivity contribution in [3.8, 4) is 0 Å². The van der Waals surface area contributed by atoms with Crippen molar-refractivity contribution in [2.24, 2.45) is 7.05 Å². The van der Waals surface area contributed by atoms with Crippen molar-refractivity contribution in [2.45, 2.75) is 19.9 Å². The standard InChI is InChI=1S/C18H21N3/c1-13-10-14(12-19-2)8-9-15(13)11-18-20-16-6-4-5-7-17(16)21(18)3/h4-10,19H,11-12H2,1-3H3. The van der Waals surface area contributed by atoms with Gasteiger partial charge in [0.1, 0.15) is 5.82 Å². The SMILES string of the molecule is CNCc1ccc(Cc2nc3ccccc3n2C)c(C)c1. The second kappa shape index (κ2) is 5.70. The minimum Gasteiger partial charge on any atom is -0.331 e. The highest BCUT2D eigenvalue weighted by atomic mass is 15.1. The molecule has 0 aliphatic rings. The average Bonchev–Trinajstić information content (AvgIpc) is 2.79. The Balaban J connectivity index is 1.93. The molecule has 0 fully saturated rings.